The maximum absolute atomic E-state index is 4.49. The van der Waals surface area contributed by atoms with Crippen LogP contribution in [0.5, 0.6) is 0 Å². The molecule has 0 aliphatic heterocycles. The molecule has 0 bridgehead atoms. The van der Waals surface area contributed by atoms with Crippen LogP contribution in [0.15, 0.2) is 16.7 Å². The maximum Gasteiger partial charge on any atom is 0.160 e. The molecule has 108 valence electrons. The Morgan fingerprint density at radius 3 is 2.70 bits per heavy atom. The molecule has 2 aromatic heterocycles. The molecular weight excluding hydrogens is 318 g/mol. The average molecular weight is 338 g/mol. The highest BCUT2D eigenvalue weighted by Crippen LogP contribution is 2.18. The third kappa shape index (κ3) is 3.64. The van der Waals surface area contributed by atoms with E-state index in [4.69, 9.17) is 0 Å². The number of halogens is 1. The van der Waals surface area contributed by atoms with Crippen molar-refractivity contribution >= 4 is 15.9 Å². The van der Waals surface area contributed by atoms with Gasteiger partial charge in [-0.1, -0.05) is 13.8 Å². The van der Waals surface area contributed by atoms with Crippen molar-refractivity contribution in [3.63, 3.8) is 0 Å². The van der Waals surface area contributed by atoms with Gasteiger partial charge in [0.2, 0.25) is 0 Å². The van der Waals surface area contributed by atoms with Gasteiger partial charge in [0.15, 0.2) is 5.82 Å². The maximum atomic E-state index is 4.49. The number of pyridine rings is 1. The average Bonchev–Trinajstić information content (AvgIpc) is 2.68. The lowest BCUT2D eigenvalue weighted by Gasteiger charge is -2.12. The van der Waals surface area contributed by atoms with Crippen molar-refractivity contribution in [1.82, 2.24) is 25.1 Å². The molecule has 1 N–H and O–H groups in total. The van der Waals surface area contributed by atoms with Crippen molar-refractivity contribution < 1.29 is 0 Å². The summed E-state index contributed by atoms with van der Waals surface area (Å²) >= 11 is 3.48. The highest BCUT2D eigenvalue weighted by atomic mass is 79.9. The molecule has 0 fully saturated rings. The lowest BCUT2D eigenvalue weighted by atomic mass is 10.2. The molecule has 0 aromatic carbocycles. The summed E-state index contributed by atoms with van der Waals surface area (Å²) in [7, 11) is 0. The second-order valence-corrected chi connectivity index (χ2v) is 6.19. The highest BCUT2D eigenvalue weighted by Gasteiger charge is 2.12. The summed E-state index contributed by atoms with van der Waals surface area (Å²) in [5.74, 6) is 3.06. The van der Waals surface area contributed by atoms with Crippen LogP contribution in [0.4, 0.5) is 0 Å². The minimum absolute atomic E-state index is 0.619. The van der Waals surface area contributed by atoms with Gasteiger partial charge in [-0.05, 0) is 48.3 Å². The Morgan fingerprint density at radius 1 is 1.35 bits per heavy atom. The molecule has 2 heterocycles. The van der Waals surface area contributed by atoms with Gasteiger partial charge in [-0.15, -0.1) is 5.10 Å². The Bertz CT molecular complexity index is 591. The van der Waals surface area contributed by atoms with Crippen LogP contribution < -0.4 is 5.32 Å². The quantitative estimate of drug-likeness (QED) is 0.911. The first kappa shape index (κ1) is 15.1. The molecule has 6 heteroatoms. The van der Waals surface area contributed by atoms with E-state index in [9.17, 15) is 0 Å². The summed E-state index contributed by atoms with van der Waals surface area (Å²) in [6.45, 7) is 9.95. The van der Waals surface area contributed by atoms with Gasteiger partial charge in [0.05, 0.1) is 0 Å². The van der Waals surface area contributed by atoms with Crippen LogP contribution in [0.3, 0.4) is 0 Å². The third-order valence-electron chi connectivity index (χ3n) is 2.85. The van der Waals surface area contributed by atoms with Gasteiger partial charge in [-0.2, -0.15) is 4.68 Å². The lowest BCUT2D eigenvalue weighted by Crippen LogP contribution is -2.20. The van der Waals surface area contributed by atoms with E-state index in [1.165, 1.54) is 0 Å². The van der Waals surface area contributed by atoms with E-state index in [2.05, 4.69) is 56.2 Å². The minimum Gasteiger partial charge on any atom is -0.312 e. The molecule has 0 aliphatic carbocycles. The van der Waals surface area contributed by atoms with Crippen LogP contribution in [0.2, 0.25) is 0 Å². The number of hydrogen-bond acceptors (Lipinski definition) is 4. The van der Waals surface area contributed by atoms with Gasteiger partial charge in [0.25, 0.3) is 0 Å². The van der Waals surface area contributed by atoms with Crippen LogP contribution >= 0.6 is 15.9 Å². The van der Waals surface area contributed by atoms with Crippen LogP contribution in [-0.2, 0) is 6.54 Å². The zero-order valence-corrected chi connectivity index (χ0v) is 13.9. The first-order chi connectivity index (χ1) is 9.47. The Kier molecular flexibility index (Phi) is 4.88. The summed E-state index contributed by atoms with van der Waals surface area (Å²) in [5, 5.41) is 7.86. The molecule has 0 amide bonds. The van der Waals surface area contributed by atoms with E-state index in [1.54, 1.807) is 10.9 Å². The van der Waals surface area contributed by atoms with E-state index in [1.807, 2.05) is 13.8 Å². The van der Waals surface area contributed by atoms with Gasteiger partial charge in [-0.3, -0.25) is 0 Å². The third-order valence-corrected chi connectivity index (χ3v) is 3.29. The summed E-state index contributed by atoms with van der Waals surface area (Å²) < 4.78 is 2.77. The number of nitrogens with one attached hydrogen (secondary N) is 1. The molecule has 0 unspecified atom stereocenters. The zero-order chi connectivity index (χ0) is 14.7. The number of aryl methyl sites for hydroxylation is 2. The first-order valence-electron chi connectivity index (χ1n) is 6.73. The predicted octanol–water partition coefficient (Wildman–Crippen LogP) is 2.79. The number of hydrogen-bond donors (Lipinski definition) is 1. The summed E-state index contributed by atoms with van der Waals surface area (Å²) in [6.07, 6.45) is 1.79. The molecule has 0 radical (unpaired) electrons. The zero-order valence-electron chi connectivity index (χ0n) is 12.3. The Balaban J connectivity index is 2.30. The Labute approximate surface area is 128 Å². The van der Waals surface area contributed by atoms with E-state index in [0.717, 1.165) is 40.6 Å². The van der Waals surface area contributed by atoms with E-state index in [-0.39, 0.29) is 0 Å². The number of nitrogens with zero attached hydrogens (tertiary/aromatic N) is 4. The molecule has 0 saturated heterocycles. The molecule has 2 rings (SSSR count). The smallest absolute Gasteiger partial charge is 0.160 e. The van der Waals surface area contributed by atoms with Crippen LogP contribution in [0.25, 0.3) is 5.82 Å². The molecule has 0 spiro atoms. The second kappa shape index (κ2) is 6.45. The van der Waals surface area contributed by atoms with Crippen molar-refractivity contribution in [2.24, 2.45) is 5.92 Å². The Morgan fingerprint density at radius 2 is 2.10 bits per heavy atom. The monoisotopic (exact) mass is 337 g/mol. The van der Waals surface area contributed by atoms with Gasteiger partial charge in [0, 0.05) is 22.8 Å². The summed E-state index contributed by atoms with van der Waals surface area (Å²) in [4.78, 5) is 8.83. The topological polar surface area (TPSA) is 55.6 Å². The van der Waals surface area contributed by atoms with Gasteiger partial charge >= 0.3 is 0 Å². The van der Waals surface area contributed by atoms with Crippen LogP contribution in [-0.4, -0.2) is 26.3 Å². The van der Waals surface area contributed by atoms with Crippen molar-refractivity contribution in [2.45, 2.75) is 34.2 Å². The van der Waals surface area contributed by atoms with E-state index >= 15 is 0 Å². The Hall–Kier alpha value is -1.27. The summed E-state index contributed by atoms with van der Waals surface area (Å²) in [6, 6.07) is 2.08. The lowest BCUT2D eigenvalue weighted by molar-refractivity contribution is 0.550. The number of aromatic nitrogens is 4. The van der Waals surface area contributed by atoms with Gasteiger partial charge in [0.1, 0.15) is 11.6 Å². The molecule has 5 nitrogen and oxygen atoms in total. The van der Waals surface area contributed by atoms with Gasteiger partial charge in [-0.25, -0.2) is 9.97 Å². The summed E-state index contributed by atoms with van der Waals surface area (Å²) in [5.41, 5.74) is 1.10. The molecular formula is C14H20BrN5. The van der Waals surface area contributed by atoms with Crippen LogP contribution in [0.1, 0.15) is 31.1 Å². The fraction of sp³-hybridized carbons (Fsp3) is 0.500. The molecule has 20 heavy (non-hydrogen) atoms. The first-order valence-corrected chi connectivity index (χ1v) is 7.52. The van der Waals surface area contributed by atoms with E-state index < -0.39 is 0 Å². The molecule has 0 saturated carbocycles. The fourth-order valence-electron chi connectivity index (χ4n) is 2.01. The fourth-order valence-corrected chi connectivity index (χ4v) is 2.39. The van der Waals surface area contributed by atoms with Gasteiger partial charge < -0.3 is 5.32 Å². The minimum atomic E-state index is 0.619. The second-order valence-electron chi connectivity index (χ2n) is 5.28. The standard InChI is InChI=1S/C14H20BrN5/c1-9(2)6-16-7-12-5-13(15)8-17-14(12)20-11(4)18-10(3)19-20/h5,8-9,16H,6-7H2,1-4H3. The van der Waals surface area contributed by atoms with Crippen molar-refractivity contribution in [3.05, 3.63) is 33.9 Å². The van der Waals surface area contributed by atoms with Crippen molar-refractivity contribution in [1.29, 1.82) is 0 Å². The highest BCUT2D eigenvalue weighted by molar-refractivity contribution is 9.10. The van der Waals surface area contributed by atoms with Crippen molar-refractivity contribution in [2.75, 3.05) is 6.54 Å². The predicted molar refractivity (Wildman–Crippen MR) is 82.9 cm³/mol. The molecule has 0 atom stereocenters. The molecule has 2 aromatic rings. The normalized spacial score (nSPS) is 11.3. The number of rotatable bonds is 5. The SMILES string of the molecule is Cc1nc(C)n(-c2ncc(Br)cc2CNCC(C)C)n1. The molecule has 0 aliphatic rings. The van der Waals surface area contributed by atoms with E-state index in [0.29, 0.717) is 5.92 Å². The van der Waals surface area contributed by atoms with Crippen LogP contribution in [0, 0.1) is 19.8 Å². The largest absolute Gasteiger partial charge is 0.312 e. The van der Waals surface area contributed by atoms with Crippen molar-refractivity contribution in [3.8, 4) is 5.82 Å².